The van der Waals surface area contributed by atoms with Crippen molar-refractivity contribution in [2.45, 2.75) is 44.9 Å². The van der Waals surface area contributed by atoms with Gasteiger partial charge in [0.25, 0.3) is 5.56 Å². The van der Waals surface area contributed by atoms with Crippen LogP contribution in [0.4, 0.5) is 0 Å². The van der Waals surface area contributed by atoms with Crippen LogP contribution in [0.3, 0.4) is 0 Å². The second kappa shape index (κ2) is 6.77. The van der Waals surface area contributed by atoms with Crippen LogP contribution in [-0.2, 0) is 9.09 Å². The van der Waals surface area contributed by atoms with Gasteiger partial charge in [-0.25, -0.2) is 0 Å². The fourth-order valence-corrected chi connectivity index (χ4v) is 2.95. The van der Waals surface area contributed by atoms with Crippen molar-refractivity contribution in [2.24, 2.45) is 0 Å². The topological polar surface area (TPSA) is 77.8 Å². The molecule has 1 aromatic rings. The summed E-state index contributed by atoms with van der Waals surface area (Å²) in [4.78, 5) is 26.5. The normalized spacial score (nSPS) is 19.2. The minimum Gasteiger partial charge on any atom is -0.381 e. The molecule has 1 N–H and O–H groups in total. The second-order valence-electron chi connectivity index (χ2n) is 5.60. The van der Waals surface area contributed by atoms with Gasteiger partial charge in [0.05, 0.1) is 5.69 Å². The number of hydrogen-bond acceptors (Lipinski definition) is 4. The Labute approximate surface area is 124 Å². The Balaban J connectivity index is 2.21. The fraction of sp³-hybridized carbons (Fsp3) is 0.643. The molecule has 1 aliphatic carbocycles. The lowest BCUT2D eigenvalue weighted by Crippen LogP contribution is -2.32. The van der Waals surface area contributed by atoms with Crippen LogP contribution in [0, 0.1) is 6.92 Å². The van der Waals surface area contributed by atoms with Crippen molar-refractivity contribution in [3.05, 3.63) is 33.7 Å². The van der Waals surface area contributed by atoms with Crippen molar-refractivity contribution in [1.29, 1.82) is 0 Å². The Morgan fingerprint density at radius 3 is 2.62 bits per heavy atom. The molecule has 2 rings (SSSR count). The molecule has 1 fully saturated rings. The van der Waals surface area contributed by atoms with E-state index in [1.807, 2.05) is 13.0 Å². The van der Waals surface area contributed by atoms with Crippen molar-refractivity contribution in [3.63, 3.8) is 0 Å². The van der Waals surface area contributed by atoms with Gasteiger partial charge in [-0.1, -0.05) is 19.3 Å². The molecular weight excluding hydrogens is 293 g/mol. The quantitative estimate of drug-likeness (QED) is 0.667. The van der Waals surface area contributed by atoms with E-state index >= 15 is 0 Å². The van der Waals surface area contributed by atoms with E-state index < -0.39 is 14.4 Å². The first kappa shape index (κ1) is 16.3. The van der Waals surface area contributed by atoms with Gasteiger partial charge in [0.15, 0.2) is 0 Å². The molecule has 118 valence electrons. The van der Waals surface area contributed by atoms with Crippen molar-refractivity contribution >= 4 is 7.60 Å². The SMILES string of the molecule is Cc1cc(C2CCCCC2)n(OCOP(C)(=O)O)c(=O)c1. The number of hydrogen-bond donors (Lipinski definition) is 1. The average Bonchev–Trinajstić information content (AvgIpc) is 2.40. The van der Waals surface area contributed by atoms with E-state index in [0.717, 1.165) is 43.6 Å². The van der Waals surface area contributed by atoms with Gasteiger partial charge in [0.2, 0.25) is 6.79 Å². The molecule has 1 aliphatic rings. The lowest BCUT2D eigenvalue weighted by molar-refractivity contribution is -0.0109. The van der Waals surface area contributed by atoms with Gasteiger partial charge in [-0.3, -0.25) is 13.9 Å². The highest BCUT2D eigenvalue weighted by Gasteiger charge is 2.21. The molecule has 1 aromatic heterocycles. The summed E-state index contributed by atoms with van der Waals surface area (Å²) in [6, 6.07) is 3.43. The van der Waals surface area contributed by atoms with Crippen molar-refractivity contribution in [1.82, 2.24) is 4.73 Å². The number of rotatable bonds is 5. The maximum Gasteiger partial charge on any atom is 0.328 e. The van der Waals surface area contributed by atoms with Crippen molar-refractivity contribution in [3.8, 4) is 0 Å². The van der Waals surface area contributed by atoms with Crippen LogP contribution in [0.25, 0.3) is 0 Å². The summed E-state index contributed by atoms with van der Waals surface area (Å²) in [6.45, 7) is 2.53. The van der Waals surface area contributed by atoms with Crippen LogP contribution < -0.4 is 10.4 Å². The minimum absolute atomic E-state index is 0.275. The lowest BCUT2D eigenvalue weighted by atomic mass is 9.86. The molecule has 7 heteroatoms. The molecule has 0 radical (unpaired) electrons. The molecule has 6 nitrogen and oxygen atoms in total. The highest BCUT2D eigenvalue weighted by Crippen LogP contribution is 2.36. The monoisotopic (exact) mass is 315 g/mol. The lowest BCUT2D eigenvalue weighted by Gasteiger charge is -2.25. The highest BCUT2D eigenvalue weighted by atomic mass is 31.2. The van der Waals surface area contributed by atoms with Crippen LogP contribution in [0.1, 0.15) is 49.3 Å². The van der Waals surface area contributed by atoms with E-state index in [1.165, 1.54) is 17.2 Å². The van der Waals surface area contributed by atoms with Crippen LogP contribution >= 0.6 is 7.60 Å². The Bertz CT molecular complexity index is 586. The first-order valence-corrected chi connectivity index (χ1v) is 9.21. The van der Waals surface area contributed by atoms with E-state index in [2.05, 4.69) is 0 Å². The Kier molecular flexibility index (Phi) is 5.25. The number of pyridine rings is 1. The molecule has 0 bridgehead atoms. The van der Waals surface area contributed by atoms with Crippen LogP contribution in [0.5, 0.6) is 0 Å². The molecular formula is C14H22NO5P. The van der Waals surface area contributed by atoms with E-state index in [-0.39, 0.29) is 11.5 Å². The summed E-state index contributed by atoms with van der Waals surface area (Å²) in [5.41, 5.74) is 1.44. The maximum absolute atomic E-state index is 12.1. The number of aromatic nitrogens is 1. The van der Waals surface area contributed by atoms with E-state index in [4.69, 9.17) is 14.3 Å². The third-order valence-corrected chi connectivity index (χ3v) is 4.24. The molecule has 0 spiro atoms. The van der Waals surface area contributed by atoms with Crippen LogP contribution in [0.2, 0.25) is 0 Å². The van der Waals surface area contributed by atoms with Gasteiger partial charge in [-0.2, -0.15) is 0 Å². The second-order valence-corrected chi connectivity index (χ2v) is 7.47. The summed E-state index contributed by atoms with van der Waals surface area (Å²) in [6.07, 6.45) is 5.56. The van der Waals surface area contributed by atoms with E-state index in [0.29, 0.717) is 0 Å². The number of nitrogens with zero attached hydrogens (tertiary/aromatic N) is 1. The van der Waals surface area contributed by atoms with Crippen molar-refractivity contribution in [2.75, 3.05) is 13.5 Å². The summed E-state index contributed by atoms with van der Waals surface area (Å²) in [7, 11) is -3.62. The molecule has 1 saturated carbocycles. The van der Waals surface area contributed by atoms with Gasteiger partial charge in [-0.05, 0) is 31.4 Å². The third kappa shape index (κ3) is 4.70. The smallest absolute Gasteiger partial charge is 0.328 e. The molecule has 1 heterocycles. The van der Waals surface area contributed by atoms with Gasteiger partial charge in [0.1, 0.15) is 0 Å². The zero-order valence-corrected chi connectivity index (χ0v) is 13.3. The zero-order valence-electron chi connectivity index (χ0n) is 12.4. The first-order valence-electron chi connectivity index (χ1n) is 7.18. The molecule has 1 unspecified atom stereocenters. The Morgan fingerprint density at radius 1 is 1.33 bits per heavy atom. The average molecular weight is 315 g/mol. The standard InChI is InChI=1S/C14H22NO5P/c1-11-8-13(12-6-4-3-5-7-12)15(14(16)9-11)19-10-20-21(2,17)18/h8-9,12H,3-7,10H2,1-2H3,(H,17,18). The van der Waals surface area contributed by atoms with E-state index in [9.17, 15) is 9.36 Å². The van der Waals surface area contributed by atoms with Gasteiger partial charge >= 0.3 is 7.60 Å². The predicted molar refractivity (Wildman–Crippen MR) is 79.5 cm³/mol. The molecule has 0 aliphatic heterocycles. The van der Waals surface area contributed by atoms with Crippen molar-refractivity contribution < 1.29 is 18.8 Å². The first-order chi connectivity index (χ1) is 9.87. The minimum atomic E-state index is -3.62. The summed E-state index contributed by atoms with van der Waals surface area (Å²) < 4.78 is 17.0. The Hall–Kier alpha value is -1.10. The Morgan fingerprint density at radius 2 is 2.00 bits per heavy atom. The fourth-order valence-electron chi connectivity index (χ4n) is 2.71. The van der Waals surface area contributed by atoms with Crippen LogP contribution in [0.15, 0.2) is 16.9 Å². The molecule has 1 atom stereocenters. The molecule has 0 aromatic carbocycles. The number of aryl methyl sites for hydroxylation is 1. The molecule has 0 saturated heterocycles. The summed E-state index contributed by atoms with van der Waals surface area (Å²) in [5.74, 6) is 0.286. The maximum atomic E-state index is 12.1. The summed E-state index contributed by atoms with van der Waals surface area (Å²) in [5, 5.41) is 0. The van der Waals surface area contributed by atoms with Gasteiger partial charge < -0.3 is 9.73 Å². The highest BCUT2D eigenvalue weighted by molar-refractivity contribution is 7.51. The zero-order chi connectivity index (χ0) is 15.5. The van der Waals surface area contributed by atoms with Gasteiger partial charge in [0, 0.05) is 18.6 Å². The van der Waals surface area contributed by atoms with Gasteiger partial charge in [-0.15, -0.1) is 4.73 Å². The third-order valence-electron chi connectivity index (χ3n) is 3.66. The van der Waals surface area contributed by atoms with Crippen LogP contribution in [-0.4, -0.2) is 23.1 Å². The predicted octanol–water partition coefficient (Wildman–Crippen LogP) is 2.42. The van der Waals surface area contributed by atoms with E-state index in [1.54, 1.807) is 0 Å². The molecule has 21 heavy (non-hydrogen) atoms. The summed E-state index contributed by atoms with van der Waals surface area (Å²) >= 11 is 0. The molecule has 0 amide bonds. The largest absolute Gasteiger partial charge is 0.381 e.